The van der Waals surface area contributed by atoms with Crippen LogP contribution in [0.15, 0.2) is 21.9 Å². The number of thiophene rings is 1. The standard InChI is InChI=1S/C15H17NO5S/c1-8-5-6-10(20-8)9-7-22-12(11(9)13(17)18)16-14(19)21-15(2,3)4/h5-7H,1-4H3,(H,16,19)(H,17,18). The van der Waals surface area contributed by atoms with Crippen molar-refractivity contribution in [1.82, 2.24) is 0 Å². The maximum absolute atomic E-state index is 11.8. The predicted octanol–water partition coefficient (Wildman–Crippen LogP) is 4.36. The molecule has 2 aromatic rings. The van der Waals surface area contributed by atoms with E-state index in [1.54, 1.807) is 45.2 Å². The minimum Gasteiger partial charge on any atom is -0.478 e. The van der Waals surface area contributed by atoms with E-state index in [0.29, 0.717) is 17.1 Å². The molecule has 1 amide bonds. The first-order valence-electron chi connectivity index (χ1n) is 6.59. The summed E-state index contributed by atoms with van der Waals surface area (Å²) < 4.78 is 10.6. The Balaban J connectivity index is 2.32. The van der Waals surface area contributed by atoms with Crippen LogP contribution >= 0.6 is 11.3 Å². The summed E-state index contributed by atoms with van der Waals surface area (Å²) in [5.41, 5.74) is -0.243. The first-order valence-corrected chi connectivity index (χ1v) is 7.47. The molecule has 0 fully saturated rings. The number of aryl methyl sites for hydroxylation is 1. The van der Waals surface area contributed by atoms with Crippen molar-refractivity contribution in [3.63, 3.8) is 0 Å². The summed E-state index contributed by atoms with van der Waals surface area (Å²) in [5, 5.41) is 13.7. The van der Waals surface area contributed by atoms with Crippen molar-refractivity contribution in [2.75, 3.05) is 5.32 Å². The smallest absolute Gasteiger partial charge is 0.412 e. The second-order valence-electron chi connectivity index (χ2n) is 5.70. The summed E-state index contributed by atoms with van der Waals surface area (Å²) in [4.78, 5) is 23.3. The third-order valence-electron chi connectivity index (χ3n) is 2.63. The number of carboxylic acid groups (broad SMARTS) is 1. The lowest BCUT2D eigenvalue weighted by atomic mass is 10.1. The van der Waals surface area contributed by atoms with E-state index in [2.05, 4.69) is 5.32 Å². The summed E-state index contributed by atoms with van der Waals surface area (Å²) in [6.45, 7) is 6.97. The summed E-state index contributed by atoms with van der Waals surface area (Å²) in [6.07, 6.45) is -0.695. The molecule has 0 unspecified atom stereocenters. The molecule has 22 heavy (non-hydrogen) atoms. The fraction of sp³-hybridized carbons (Fsp3) is 0.333. The van der Waals surface area contributed by atoms with Gasteiger partial charge < -0.3 is 14.3 Å². The highest BCUT2D eigenvalue weighted by atomic mass is 32.1. The number of ether oxygens (including phenoxy) is 1. The van der Waals surface area contributed by atoms with Crippen LogP contribution in [-0.4, -0.2) is 22.8 Å². The quantitative estimate of drug-likeness (QED) is 0.876. The predicted molar refractivity (Wildman–Crippen MR) is 83.6 cm³/mol. The lowest BCUT2D eigenvalue weighted by molar-refractivity contribution is 0.0636. The van der Waals surface area contributed by atoms with Crippen LogP contribution < -0.4 is 5.32 Å². The summed E-state index contributed by atoms with van der Waals surface area (Å²) >= 11 is 1.11. The van der Waals surface area contributed by atoms with Gasteiger partial charge in [-0.1, -0.05) is 0 Å². The normalized spacial score (nSPS) is 11.3. The average Bonchev–Trinajstić information content (AvgIpc) is 2.92. The largest absolute Gasteiger partial charge is 0.478 e. The fourth-order valence-electron chi connectivity index (χ4n) is 1.82. The molecule has 0 aliphatic heterocycles. The molecule has 0 spiro atoms. The molecule has 0 radical (unpaired) electrons. The van der Waals surface area contributed by atoms with Crippen LogP contribution in [0.2, 0.25) is 0 Å². The molecule has 2 aromatic heterocycles. The molecule has 2 heterocycles. The molecule has 0 aliphatic rings. The van der Waals surface area contributed by atoms with Crippen molar-refractivity contribution in [2.24, 2.45) is 0 Å². The SMILES string of the molecule is Cc1ccc(-c2csc(NC(=O)OC(C)(C)C)c2C(=O)O)o1. The van der Waals surface area contributed by atoms with E-state index in [1.165, 1.54) is 0 Å². The number of hydrogen-bond donors (Lipinski definition) is 2. The monoisotopic (exact) mass is 323 g/mol. The Morgan fingerprint density at radius 1 is 1.32 bits per heavy atom. The van der Waals surface area contributed by atoms with E-state index in [1.807, 2.05) is 0 Å². The van der Waals surface area contributed by atoms with Crippen LogP contribution in [0.25, 0.3) is 11.3 Å². The van der Waals surface area contributed by atoms with Crippen LogP contribution in [0.4, 0.5) is 9.80 Å². The molecule has 0 saturated heterocycles. The summed E-state index contributed by atoms with van der Waals surface area (Å²) in [5.74, 6) is -0.0149. The topological polar surface area (TPSA) is 88.8 Å². The van der Waals surface area contributed by atoms with Gasteiger partial charge in [0.1, 0.15) is 27.7 Å². The molecule has 0 atom stereocenters. The van der Waals surface area contributed by atoms with Gasteiger partial charge >= 0.3 is 12.1 Å². The number of carbonyl (C=O) groups is 2. The fourth-order valence-corrected chi connectivity index (χ4v) is 2.75. The van der Waals surface area contributed by atoms with Crippen LogP contribution in [0.3, 0.4) is 0 Å². The molecule has 2 rings (SSSR count). The minimum atomic E-state index is -1.14. The molecule has 0 bridgehead atoms. The first kappa shape index (κ1) is 16.1. The second-order valence-corrected chi connectivity index (χ2v) is 6.58. The second kappa shape index (κ2) is 5.84. The molecule has 0 saturated carbocycles. The number of aromatic carboxylic acids is 1. The Labute approximate surface area is 131 Å². The Morgan fingerprint density at radius 3 is 2.50 bits per heavy atom. The van der Waals surface area contributed by atoms with Crippen molar-refractivity contribution in [1.29, 1.82) is 0 Å². The Morgan fingerprint density at radius 2 is 2.00 bits per heavy atom. The number of hydrogen-bond acceptors (Lipinski definition) is 5. The molecule has 2 N–H and O–H groups in total. The van der Waals surface area contributed by atoms with Crippen molar-refractivity contribution in [3.8, 4) is 11.3 Å². The van der Waals surface area contributed by atoms with E-state index in [4.69, 9.17) is 9.15 Å². The van der Waals surface area contributed by atoms with Gasteiger partial charge in [-0.2, -0.15) is 0 Å². The van der Waals surface area contributed by atoms with Crippen LogP contribution in [-0.2, 0) is 4.74 Å². The third-order valence-corrected chi connectivity index (χ3v) is 3.52. The molecule has 118 valence electrons. The van der Waals surface area contributed by atoms with E-state index in [9.17, 15) is 14.7 Å². The zero-order valence-electron chi connectivity index (χ0n) is 12.7. The molecule has 7 heteroatoms. The maximum atomic E-state index is 11.8. The van der Waals surface area contributed by atoms with Gasteiger partial charge in [-0.3, -0.25) is 5.32 Å². The maximum Gasteiger partial charge on any atom is 0.412 e. The van der Waals surface area contributed by atoms with E-state index < -0.39 is 17.7 Å². The molecular formula is C15H17NO5S. The Kier molecular flexibility index (Phi) is 4.27. The number of nitrogens with one attached hydrogen (secondary N) is 1. The highest BCUT2D eigenvalue weighted by Crippen LogP contribution is 2.36. The van der Waals surface area contributed by atoms with Gasteiger partial charge in [0.05, 0.1) is 0 Å². The number of carboxylic acids is 1. The highest BCUT2D eigenvalue weighted by molar-refractivity contribution is 7.15. The van der Waals surface area contributed by atoms with Crippen molar-refractivity contribution in [2.45, 2.75) is 33.3 Å². The van der Waals surface area contributed by atoms with Gasteiger partial charge in [0.25, 0.3) is 0 Å². The van der Waals surface area contributed by atoms with E-state index >= 15 is 0 Å². The Bertz CT molecular complexity index is 708. The number of amides is 1. The zero-order valence-corrected chi connectivity index (χ0v) is 13.5. The summed E-state index contributed by atoms with van der Waals surface area (Å²) in [6, 6.07) is 3.45. The molecule has 0 aliphatic carbocycles. The van der Waals surface area contributed by atoms with Crippen molar-refractivity contribution < 1.29 is 23.8 Å². The van der Waals surface area contributed by atoms with Crippen molar-refractivity contribution in [3.05, 3.63) is 28.8 Å². The molecule has 6 nitrogen and oxygen atoms in total. The van der Waals surface area contributed by atoms with Gasteiger partial charge in [-0.25, -0.2) is 9.59 Å². The van der Waals surface area contributed by atoms with Gasteiger partial charge in [0, 0.05) is 10.9 Å². The molecular weight excluding hydrogens is 306 g/mol. The van der Waals surface area contributed by atoms with Crippen LogP contribution in [0.5, 0.6) is 0 Å². The first-order chi connectivity index (χ1) is 10.2. The van der Waals surface area contributed by atoms with Gasteiger partial charge in [-0.05, 0) is 39.8 Å². The number of rotatable bonds is 3. The van der Waals surface area contributed by atoms with E-state index in [0.717, 1.165) is 11.3 Å². The van der Waals surface area contributed by atoms with Gasteiger partial charge in [-0.15, -0.1) is 11.3 Å². The summed E-state index contributed by atoms with van der Waals surface area (Å²) in [7, 11) is 0. The van der Waals surface area contributed by atoms with E-state index in [-0.39, 0.29) is 10.6 Å². The van der Waals surface area contributed by atoms with Crippen LogP contribution in [0, 0.1) is 6.92 Å². The minimum absolute atomic E-state index is 0.00907. The average molecular weight is 323 g/mol. The lowest BCUT2D eigenvalue weighted by Gasteiger charge is -2.19. The number of carbonyl (C=O) groups excluding carboxylic acids is 1. The van der Waals surface area contributed by atoms with Crippen LogP contribution in [0.1, 0.15) is 36.9 Å². The number of anilines is 1. The highest BCUT2D eigenvalue weighted by Gasteiger charge is 2.24. The Hall–Kier alpha value is -2.28. The van der Waals surface area contributed by atoms with Gasteiger partial charge in [0.2, 0.25) is 0 Å². The zero-order chi connectivity index (χ0) is 16.5. The van der Waals surface area contributed by atoms with Crippen molar-refractivity contribution >= 4 is 28.4 Å². The number of furan rings is 1. The molecule has 0 aromatic carbocycles. The van der Waals surface area contributed by atoms with Gasteiger partial charge in [0.15, 0.2) is 0 Å². The lowest BCUT2D eigenvalue weighted by Crippen LogP contribution is -2.27. The third kappa shape index (κ3) is 3.67.